The fourth-order valence-electron chi connectivity index (χ4n) is 2.80. The lowest BCUT2D eigenvalue weighted by molar-refractivity contribution is 0.265. The highest BCUT2D eigenvalue weighted by Crippen LogP contribution is 2.22. The third kappa shape index (κ3) is 2.88. The molecular weight excluding hydrogens is 200 g/mol. The van der Waals surface area contributed by atoms with Crippen molar-refractivity contribution in [3.05, 3.63) is 0 Å². The van der Waals surface area contributed by atoms with Crippen LogP contribution in [0.3, 0.4) is 0 Å². The van der Waals surface area contributed by atoms with Gasteiger partial charge in [-0.25, -0.2) is 10.8 Å². The van der Waals surface area contributed by atoms with Crippen molar-refractivity contribution in [1.29, 1.82) is 0 Å². The Morgan fingerprint density at radius 3 is 2.62 bits per heavy atom. The first-order valence-electron chi connectivity index (χ1n) is 6.59. The minimum Gasteiger partial charge on any atom is -0.342 e. The Morgan fingerprint density at radius 2 is 2.00 bits per heavy atom. The maximum absolute atomic E-state index is 5.60. The molecule has 0 amide bonds. The molecule has 1 aliphatic heterocycles. The van der Waals surface area contributed by atoms with E-state index in [1.165, 1.54) is 38.5 Å². The second-order valence-electron chi connectivity index (χ2n) is 5.23. The molecule has 2 fully saturated rings. The first-order valence-corrected chi connectivity index (χ1v) is 6.59. The summed E-state index contributed by atoms with van der Waals surface area (Å²) in [4.78, 5) is 7.07. The van der Waals surface area contributed by atoms with Crippen LogP contribution in [0.4, 0.5) is 0 Å². The van der Waals surface area contributed by atoms with Crippen LogP contribution in [0, 0.1) is 5.92 Å². The van der Waals surface area contributed by atoms with Gasteiger partial charge in [-0.05, 0) is 31.6 Å². The van der Waals surface area contributed by atoms with E-state index in [0.29, 0.717) is 6.04 Å². The van der Waals surface area contributed by atoms with Gasteiger partial charge in [0.1, 0.15) is 0 Å². The van der Waals surface area contributed by atoms with Crippen LogP contribution in [0.1, 0.15) is 45.4 Å². The Bertz CT molecular complexity index is 245. The lowest BCUT2D eigenvalue weighted by Crippen LogP contribution is -2.49. The highest BCUT2D eigenvalue weighted by Gasteiger charge is 2.21. The average molecular weight is 224 g/mol. The Hall–Kier alpha value is -0.770. The van der Waals surface area contributed by atoms with Crippen LogP contribution in [-0.2, 0) is 0 Å². The summed E-state index contributed by atoms with van der Waals surface area (Å²) in [5.74, 6) is 7.28. The van der Waals surface area contributed by atoms with Gasteiger partial charge in [-0.2, -0.15) is 0 Å². The number of aliphatic imine (C=N–C) groups is 1. The van der Waals surface area contributed by atoms with Gasteiger partial charge < -0.3 is 4.90 Å². The predicted octanol–water partition coefficient (Wildman–Crippen LogP) is 1.48. The van der Waals surface area contributed by atoms with E-state index in [2.05, 4.69) is 17.2 Å². The van der Waals surface area contributed by atoms with Gasteiger partial charge in [-0.1, -0.05) is 19.8 Å². The van der Waals surface area contributed by atoms with Crippen LogP contribution in [0.15, 0.2) is 4.99 Å². The van der Waals surface area contributed by atoms with Gasteiger partial charge in [0.25, 0.3) is 0 Å². The first-order chi connectivity index (χ1) is 7.79. The second-order valence-corrected chi connectivity index (χ2v) is 5.23. The van der Waals surface area contributed by atoms with E-state index in [0.717, 1.165) is 25.0 Å². The minimum absolute atomic E-state index is 0.503. The van der Waals surface area contributed by atoms with E-state index in [1.54, 1.807) is 0 Å². The van der Waals surface area contributed by atoms with Crippen LogP contribution in [0.2, 0.25) is 0 Å². The lowest BCUT2D eigenvalue weighted by atomic mass is 10.0. The molecule has 4 heteroatoms. The number of nitrogens with one attached hydrogen (secondary N) is 1. The smallest absolute Gasteiger partial charge is 0.208 e. The van der Waals surface area contributed by atoms with E-state index in [4.69, 9.17) is 10.8 Å². The van der Waals surface area contributed by atoms with Crippen LogP contribution in [0.25, 0.3) is 0 Å². The molecule has 0 radical (unpaired) electrons. The van der Waals surface area contributed by atoms with Gasteiger partial charge in [0.15, 0.2) is 0 Å². The minimum atomic E-state index is 0.503. The Labute approximate surface area is 98.3 Å². The van der Waals surface area contributed by atoms with E-state index >= 15 is 0 Å². The molecule has 1 aliphatic carbocycles. The van der Waals surface area contributed by atoms with Crippen molar-refractivity contribution >= 4 is 5.96 Å². The van der Waals surface area contributed by atoms with Crippen LogP contribution in [0.5, 0.6) is 0 Å². The summed E-state index contributed by atoms with van der Waals surface area (Å²) in [5, 5.41) is 0. The maximum atomic E-state index is 5.60. The zero-order chi connectivity index (χ0) is 11.4. The zero-order valence-electron chi connectivity index (χ0n) is 10.3. The number of piperidine rings is 1. The lowest BCUT2D eigenvalue weighted by Gasteiger charge is -2.33. The Balaban J connectivity index is 1.97. The molecule has 16 heavy (non-hydrogen) atoms. The largest absolute Gasteiger partial charge is 0.342 e. The standard InChI is InChI=1S/C12H24N4/c1-10-5-4-8-16(9-10)12(15-13)14-11-6-2-3-7-11/h10-11H,2-9,13H2,1H3,(H,14,15). The van der Waals surface area contributed by atoms with Crippen molar-refractivity contribution in [2.24, 2.45) is 16.8 Å². The molecule has 1 atom stereocenters. The number of nitrogens with two attached hydrogens (primary N) is 1. The number of guanidine groups is 1. The van der Waals surface area contributed by atoms with Gasteiger partial charge in [-0.3, -0.25) is 5.43 Å². The van der Waals surface area contributed by atoms with Gasteiger partial charge in [0, 0.05) is 13.1 Å². The third-order valence-corrected chi connectivity index (χ3v) is 3.72. The molecule has 0 aromatic rings. The molecule has 1 saturated heterocycles. The molecule has 1 saturated carbocycles. The monoisotopic (exact) mass is 224 g/mol. The van der Waals surface area contributed by atoms with E-state index in [1.807, 2.05) is 0 Å². The molecule has 2 aliphatic rings. The molecule has 1 heterocycles. The van der Waals surface area contributed by atoms with Crippen LogP contribution >= 0.6 is 0 Å². The summed E-state index contributed by atoms with van der Waals surface area (Å²) in [6.07, 6.45) is 7.69. The molecule has 1 unspecified atom stereocenters. The quantitative estimate of drug-likeness (QED) is 0.307. The Morgan fingerprint density at radius 1 is 1.25 bits per heavy atom. The van der Waals surface area contributed by atoms with Crippen molar-refractivity contribution in [2.45, 2.75) is 51.5 Å². The highest BCUT2D eigenvalue weighted by molar-refractivity contribution is 5.79. The summed E-state index contributed by atoms with van der Waals surface area (Å²) < 4.78 is 0. The average Bonchev–Trinajstić information content (AvgIpc) is 2.78. The van der Waals surface area contributed by atoms with E-state index in [9.17, 15) is 0 Å². The maximum Gasteiger partial charge on any atom is 0.208 e. The van der Waals surface area contributed by atoms with Crippen molar-refractivity contribution in [2.75, 3.05) is 13.1 Å². The topological polar surface area (TPSA) is 53.6 Å². The Kier molecular flexibility index (Phi) is 4.04. The summed E-state index contributed by atoms with van der Waals surface area (Å²) in [7, 11) is 0. The van der Waals surface area contributed by atoms with Crippen molar-refractivity contribution < 1.29 is 0 Å². The third-order valence-electron chi connectivity index (χ3n) is 3.72. The molecule has 0 aromatic carbocycles. The van der Waals surface area contributed by atoms with E-state index in [-0.39, 0.29) is 0 Å². The number of rotatable bonds is 1. The number of hydrogen-bond acceptors (Lipinski definition) is 2. The van der Waals surface area contributed by atoms with Crippen molar-refractivity contribution in [3.8, 4) is 0 Å². The molecule has 2 rings (SSSR count). The SMILES string of the molecule is CC1CCCN(C(=NC2CCCC2)NN)C1. The highest BCUT2D eigenvalue weighted by atomic mass is 15.4. The van der Waals surface area contributed by atoms with E-state index < -0.39 is 0 Å². The van der Waals surface area contributed by atoms with Crippen molar-refractivity contribution in [3.63, 3.8) is 0 Å². The molecule has 4 nitrogen and oxygen atoms in total. The van der Waals surface area contributed by atoms with Gasteiger partial charge >= 0.3 is 0 Å². The molecule has 0 bridgehead atoms. The normalized spacial score (nSPS) is 28.5. The summed E-state index contributed by atoms with van der Waals surface area (Å²) in [6, 6.07) is 0.503. The fourth-order valence-corrected chi connectivity index (χ4v) is 2.80. The number of nitrogens with zero attached hydrogens (tertiary/aromatic N) is 2. The van der Waals surface area contributed by atoms with Gasteiger partial charge in [0.2, 0.25) is 5.96 Å². The second kappa shape index (κ2) is 5.53. The van der Waals surface area contributed by atoms with Crippen LogP contribution in [-0.4, -0.2) is 30.0 Å². The summed E-state index contributed by atoms with van der Waals surface area (Å²) in [5.41, 5.74) is 2.80. The first kappa shape index (κ1) is 11.7. The molecule has 0 aromatic heterocycles. The zero-order valence-corrected chi connectivity index (χ0v) is 10.3. The fraction of sp³-hybridized carbons (Fsp3) is 0.917. The number of likely N-dealkylation sites (tertiary alicyclic amines) is 1. The van der Waals surface area contributed by atoms with Gasteiger partial charge in [-0.15, -0.1) is 0 Å². The van der Waals surface area contributed by atoms with Gasteiger partial charge in [0.05, 0.1) is 6.04 Å². The molecule has 92 valence electrons. The van der Waals surface area contributed by atoms with Crippen molar-refractivity contribution in [1.82, 2.24) is 10.3 Å². The summed E-state index contributed by atoms with van der Waals surface area (Å²) >= 11 is 0. The predicted molar refractivity (Wildman–Crippen MR) is 67.0 cm³/mol. The number of hydrazine groups is 1. The number of hydrogen-bond donors (Lipinski definition) is 2. The molecule has 0 spiro atoms. The molecule has 3 N–H and O–H groups in total. The molecular formula is C12H24N4. The van der Waals surface area contributed by atoms with Crippen LogP contribution < -0.4 is 11.3 Å². The summed E-state index contributed by atoms with van der Waals surface area (Å²) in [6.45, 7) is 4.49.